The number of fused-ring (bicyclic) bond motifs is 1. The van der Waals surface area contributed by atoms with Crippen LogP contribution >= 0.6 is 0 Å². The molecule has 2 aliphatic carbocycles. The average molecular weight is 315 g/mol. The molecule has 0 aromatic heterocycles. The molecule has 0 spiro atoms. The number of aryl methyl sites for hydroxylation is 1. The molecule has 0 unspecified atom stereocenters. The van der Waals surface area contributed by atoms with E-state index in [0.29, 0.717) is 6.04 Å². The van der Waals surface area contributed by atoms with Gasteiger partial charge < -0.3 is 10.1 Å². The molecule has 23 heavy (non-hydrogen) atoms. The highest BCUT2D eigenvalue weighted by Gasteiger charge is 2.17. The quantitative estimate of drug-likeness (QED) is 0.905. The molecule has 0 aliphatic heterocycles. The lowest BCUT2D eigenvalue weighted by Crippen LogP contribution is -2.38. The van der Waals surface area contributed by atoms with Crippen molar-refractivity contribution < 1.29 is 9.53 Å². The normalized spacial score (nSPS) is 19.3. The van der Waals surface area contributed by atoms with E-state index in [-0.39, 0.29) is 12.5 Å². The van der Waals surface area contributed by atoms with Crippen LogP contribution in [0.4, 0.5) is 0 Å². The molecule has 2 aliphatic rings. The zero-order valence-corrected chi connectivity index (χ0v) is 14.1. The molecule has 3 rings (SSSR count). The first-order valence-corrected chi connectivity index (χ1v) is 9.36. The van der Waals surface area contributed by atoms with E-state index in [1.165, 1.54) is 56.1 Å². The van der Waals surface area contributed by atoms with Gasteiger partial charge in [0.2, 0.25) is 0 Å². The maximum absolute atomic E-state index is 12.2. The molecule has 3 nitrogen and oxygen atoms in total. The lowest BCUT2D eigenvalue weighted by atomic mass is 9.91. The van der Waals surface area contributed by atoms with E-state index in [9.17, 15) is 4.79 Å². The molecule has 3 heteroatoms. The summed E-state index contributed by atoms with van der Waals surface area (Å²) in [6.07, 6.45) is 13.4. The zero-order valence-electron chi connectivity index (χ0n) is 14.1. The van der Waals surface area contributed by atoms with Crippen molar-refractivity contribution >= 4 is 5.91 Å². The largest absolute Gasteiger partial charge is 0.483 e. The Kier molecular flexibility index (Phi) is 5.95. The minimum absolute atomic E-state index is 0.0315. The topological polar surface area (TPSA) is 38.3 Å². The Morgan fingerprint density at radius 2 is 1.74 bits per heavy atom. The van der Waals surface area contributed by atoms with Crippen LogP contribution in [-0.2, 0) is 17.6 Å². The second kappa shape index (κ2) is 8.37. The Morgan fingerprint density at radius 3 is 2.57 bits per heavy atom. The van der Waals surface area contributed by atoms with E-state index in [4.69, 9.17) is 4.74 Å². The standard InChI is InChI=1S/C20H29NO2/c22-20(21-17-11-4-2-1-3-5-12-17)15-23-19-14-8-10-16-9-6-7-13-18(16)19/h8,10,14,17H,1-7,9,11-13,15H2,(H,21,22). The number of carbonyl (C=O) groups is 1. The van der Waals surface area contributed by atoms with Crippen molar-refractivity contribution in [1.82, 2.24) is 5.32 Å². The number of carbonyl (C=O) groups excluding carboxylic acids is 1. The lowest BCUT2D eigenvalue weighted by molar-refractivity contribution is -0.123. The third kappa shape index (κ3) is 4.73. The van der Waals surface area contributed by atoms with Gasteiger partial charge in [-0.3, -0.25) is 4.79 Å². The molecule has 0 bridgehead atoms. The lowest BCUT2D eigenvalue weighted by Gasteiger charge is -2.22. The minimum Gasteiger partial charge on any atom is -0.483 e. The minimum atomic E-state index is 0.0315. The Bertz CT molecular complexity index is 518. The molecule has 1 fully saturated rings. The number of hydrogen-bond donors (Lipinski definition) is 1. The van der Waals surface area contributed by atoms with Crippen LogP contribution in [0.3, 0.4) is 0 Å². The van der Waals surface area contributed by atoms with Gasteiger partial charge in [-0.2, -0.15) is 0 Å². The van der Waals surface area contributed by atoms with Crippen molar-refractivity contribution in [3.8, 4) is 5.75 Å². The highest BCUT2D eigenvalue weighted by Crippen LogP contribution is 2.29. The number of nitrogens with one attached hydrogen (secondary N) is 1. The maximum Gasteiger partial charge on any atom is 0.258 e. The van der Waals surface area contributed by atoms with Gasteiger partial charge in [0.05, 0.1) is 0 Å². The van der Waals surface area contributed by atoms with Gasteiger partial charge in [-0.15, -0.1) is 0 Å². The Hall–Kier alpha value is -1.51. The van der Waals surface area contributed by atoms with Crippen LogP contribution in [0, 0.1) is 0 Å². The zero-order chi connectivity index (χ0) is 15.9. The predicted octanol–water partition coefficient (Wildman–Crippen LogP) is 4.17. The van der Waals surface area contributed by atoms with Crippen LogP contribution in [0.2, 0.25) is 0 Å². The highest BCUT2D eigenvalue weighted by molar-refractivity contribution is 5.77. The molecular formula is C20H29NO2. The second-order valence-electron chi connectivity index (χ2n) is 7.00. The van der Waals surface area contributed by atoms with Crippen molar-refractivity contribution in [2.24, 2.45) is 0 Å². The second-order valence-corrected chi connectivity index (χ2v) is 7.00. The SMILES string of the molecule is O=C(COc1cccc2c1CCCC2)NC1CCCCCCC1. The van der Waals surface area contributed by atoms with E-state index in [0.717, 1.165) is 31.4 Å². The summed E-state index contributed by atoms with van der Waals surface area (Å²) in [5, 5.41) is 3.17. The number of rotatable bonds is 4. The number of ether oxygens (including phenoxy) is 1. The van der Waals surface area contributed by atoms with E-state index in [2.05, 4.69) is 11.4 Å². The van der Waals surface area contributed by atoms with Gasteiger partial charge in [-0.05, 0) is 55.7 Å². The van der Waals surface area contributed by atoms with Gasteiger partial charge in [0.15, 0.2) is 6.61 Å². The monoisotopic (exact) mass is 315 g/mol. The van der Waals surface area contributed by atoms with Gasteiger partial charge >= 0.3 is 0 Å². The highest BCUT2D eigenvalue weighted by atomic mass is 16.5. The van der Waals surface area contributed by atoms with Crippen LogP contribution in [0.25, 0.3) is 0 Å². The molecule has 0 heterocycles. The van der Waals surface area contributed by atoms with Gasteiger partial charge in [0, 0.05) is 6.04 Å². The number of hydrogen-bond acceptors (Lipinski definition) is 2. The Morgan fingerprint density at radius 1 is 1.00 bits per heavy atom. The van der Waals surface area contributed by atoms with Gasteiger partial charge in [-0.1, -0.05) is 44.2 Å². The first-order valence-electron chi connectivity index (χ1n) is 9.36. The van der Waals surface area contributed by atoms with Crippen molar-refractivity contribution in [3.63, 3.8) is 0 Å². The number of amides is 1. The van der Waals surface area contributed by atoms with Crippen molar-refractivity contribution in [2.75, 3.05) is 6.61 Å². The van der Waals surface area contributed by atoms with Crippen LogP contribution in [-0.4, -0.2) is 18.6 Å². The van der Waals surface area contributed by atoms with Crippen LogP contribution in [0.1, 0.15) is 68.9 Å². The molecule has 1 aromatic carbocycles. The van der Waals surface area contributed by atoms with E-state index >= 15 is 0 Å². The molecule has 0 radical (unpaired) electrons. The van der Waals surface area contributed by atoms with Gasteiger partial charge in [-0.25, -0.2) is 0 Å². The summed E-state index contributed by atoms with van der Waals surface area (Å²) >= 11 is 0. The van der Waals surface area contributed by atoms with Gasteiger partial charge in [0.1, 0.15) is 5.75 Å². The third-order valence-corrected chi connectivity index (χ3v) is 5.18. The number of benzene rings is 1. The van der Waals surface area contributed by atoms with E-state index in [1.807, 2.05) is 12.1 Å². The predicted molar refractivity (Wildman–Crippen MR) is 92.8 cm³/mol. The summed E-state index contributed by atoms with van der Waals surface area (Å²) in [5.41, 5.74) is 2.71. The van der Waals surface area contributed by atoms with E-state index < -0.39 is 0 Å². The molecule has 1 saturated carbocycles. The molecular weight excluding hydrogens is 286 g/mol. The fourth-order valence-corrected chi connectivity index (χ4v) is 3.89. The fraction of sp³-hybridized carbons (Fsp3) is 0.650. The fourth-order valence-electron chi connectivity index (χ4n) is 3.89. The summed E-state index contributed by atoms with van der Waals surface area (Å²) in [6, 6.07) is 6.59. The average Bonchev–Trinajstić information content (AvgIpc) is 2.55. The molecule has 1 N–H and O–H groups in total. The summed E-state index contributed by atoms with van der Waals surface area (Å²) < 4.78 is 5.85. The Balaban J connectivity index is 1.50. The van der Waals surface area contributed by atoms with Crippen LogP contribution < -0.4 is 10.1 Å². The van der Waals surface area contributed by atoms with Crippen molar-refractivity contribution in [3.05, 3.63) is 29.3 Å². The summed E-state index contributed by atoms with van der Waals surface area (Å²) in [4.78, 5) is 12.2. The molecule has 0 saturated heterocycles. The Labute approximate surface area is 139 Å². The van der Waals surface area contributed by atoms with Gasteiger partial charge in [0.25, 0.3) is 5.91 Å². The van der Waals surface area contributed by atoms with Crippen LogP contribution in [0.5, 0.6) is 5.75 Å². The summed E-state index contributed by atoms with van der Waals surface area (Å²) in [6.45, 7) is 0.146. The molecule has 0 atom stereocenters. The summed E-state index contributed by atoms with van der Waals surface area (Å²) in [5.74, 6) is 0.944. The summed E-state index contributed by atoms with van der Waals surface area (Å²) in [7, 11) is 0. The maximum atomic E-state index is 12.2. The van der Waals surface area contributed by atoms with E-state index in [1.54, 1.807) is 0 Å². The third-order valence-electron chi connectivity index (χ3n) is 5.18. The molecule has 126 valence electrons. The molecule has 1 aromatic rings. The van der Waals surface area contributed by atoms with Crippen LogP contribution in [0.15, 0.2) is 18.2 Å². The smallest absolute Gasteiger partial charge is 0.258 e. The first kappa shape index (κ1) is 16.4. The van der Waals surface area contributed by atoms with Crippen molar-refractivity contribution in [1.29, 1.82) is 0 Å². The molecule has 1 amide bonds. The first-order chi connectivity index (χ1) is 11.3. The van der Waals surface area contributed by atoms with Crippen molar-refractivity contribution in [2.45, 2.75) is 76.7 Å².